The molecule has 1 heterocycles. The van der Waals surface area contributed by atoms with E-state index in [1.807, 2.05) is 13.0 Å². The van der Waals surface area contributed by atoms with Gasteiger partial charge in [-0.1, -0.05) is 0 Å². The topological polar surface area (TPSA) is 45.2 Å². The van der Waals surface area contributed by atoms with Crippen LogP contribution in [-0.2, 0) is 6.61 Å². The zero-order valence-corrected chi connectivity index (χ0v) is 8.33. The van der Waals surface area contributed by atoms with Crippen LogP contribution in [0.5, 0.6) is 0 Å². The number of pyridine rings is 1. The summed E-state index contributed by atoms with van der Waals surface area (Å²) in [7, 11) is 0. The number of aromatic nitrogens is 1. The molecular formula is C10H16N2O. The normalized spacial score (nSPS) is 10.5. The van der Waals surface area contributed by atoms with E-state index in [1.54, 1.807) is 6.20 Å². The molecule has 0 saturated carbocycles. The van der Waals surface area contributed by atoms with Crippen LogP contribution in [0.2, 0.25) is 0 Å². The molecule has 0 spiro atoms. The Labute approximate surface area is 78.8 Å². The first-order valence-corrected chi connectivity index (χ1v) is 4.47. The van der Waals surface area contributed by atoms with Crippen molar-refractivity contribution in [1.82, 2.24) is 4.98 Å². The Balaban J connectivity index is 2.94. The second-order valence-electron chi connectivity index (χ2n) is 3.40. The lowest BCUT2D eigenvalue weighted by Crippen LogP contribution is -2.12. The summed E-state index contributed by atoms with van der Waals surface area (Å²) in [5, 5.41) is 12.2. The van der Waals surface area contributed by atoms with Crippen LogP contribution in [-0.4, -0.2) is 16.1 Å². The third-order valence-corrected chi connectivity index (χ3v) is 1.91. The van der Waals surface area contributed by atoms with E-state index in [9.17, 15) is 0 Å². The van der Waals surface area contributed by atoms with Crippen LogP contribution in [0, 0.1) is 6.92 Å². The van der Waals surface area contributed by atoms with Gasteiger partial charge in [-0.15, -0.1) is 0 Å². The molecule has 3 heteroatoms. The van der Waals surface area contributed by atoms with Crippen LogP contribution in [0.15, 0.2) is 12.3 Å². The maximum atomic E-state index is 9.02. The van der Waals surface area contributed by atoms with E-state index >= 15 is 0 Å². The van der Waals surface area contributed by atoms with Crippen molar-refractivity contribution in [3.8, 4) is 0 Å². The molecule has 1 aromatic rings. The predicted molar refractivity (Wildman–Crippen MR) is 53.7 cm³/mol. The largest absolute Gasteiger partial charge is 0.392 e. The molecule has 1 rings (SSSR count). The summed E-state index contributed by atoms with van der Waals surface area (Å²) >= 11 is 0. The lowest BCUT2D eigenvalue weighted by molar-refractivity contribution is 0.281. The standard InChI is InChI=1S/C10H16N2O/c1-7(2)12-10-8(3)9(6-13)4-5-11-10/h4-5,7,13H,6H2,1-3H3,(H,11,12). The molecule has 0 saturated heterocycles. The molecule has 0 atom stereocenters. The molecule has 0 fully saturated rings. The number of nitrogens with one attached hydrogen (secondary N) is 1. The van der Waals surface area contributed by atoms with Crippen LogP contribution in [0.1, 0.15) is 25.0 Å². The van der Waals surface area contributed by atoms with Crippen molar-refractivity contribution in [2.75, 3.05) is 5.32 Å². The van der Waals surface area contributed by atoms with Gasteiger partial charge in [0, 0.05) is 12.2 Å². The third-order valence-electron chi connectivity index (χ3n) is 1.91. The Morgan fingerprint density at radius 1 is 1.54 bits per heavy atom. The van der Waals surface area contributed by atoms with E-state index in [0.29, 0.717) is 6.04 Å². The van der Waals surface area contributed by atoms with Crippen LogP contribution in [0.3, 0.4) is 0 Å². The first-order chi connectivity index (χ1) is 6.15. The van der Waals surface area contributed by atoms with Crippen LogP contribution >= 0.6 is 0 Å². The predicted octanol–water partition coefficient (Wildman–Crippen LogP) is 1.70. The SMILES string of the molecule is Cc1c(CO)ccnc1NC(C)C. The molecular weight excluding hydrogens is 164 g/mol. The van der Waals surface area contributed by atoms with Crippen molar-refractivity contribution < 1.29 is 5.11 Å². The minimum absolute atomic E-state index is 0.0706. The van der Waals surface area contributed by atoms with Crippen LogP contribution in [0.4, 0.5) is 5.82 Å². The van der Waals surface area contributed by atoms with Gasteiger partial charge < -0.3 is 10.4 Å². The molecule has 0 amide bonds. The number of hydrogen-bond acceptors (Lipinski definition) is 3. The average Bonchev–Trinajstić information content (AvgIpc) is 2.08. The fraction of sp³-hybridized carbons (Fsp3) is 0.500. The van der Waals surface area contributed by atoms with Crippen molar-refractivity contribution in [1.29, 1.82) is 0 Å². The monoisotopic (exact) mass is 180 g/mol. The first kappa shape index (κ1) is 9.99. The Bertz CT molecular complexity index is 284. The van der Waals surface area contributed by atoms with E-state index in [4.69, 9.17) is 5.11 Å². The quantitative estimate of drug-likeness (QED) is 0.744. The summed E-state index contributed by atoms with van der Waals surface area (Å²) < 4.78 is 0. The van der Waals surface area contributed by atoms with Gasteiger partial charge in [0.15, 0.2) is 0 Å². The van der Waals surface area contributed by atoms with Gasteiger partial charge in [0.2, 0.25) is 0 Å². The van der Waals surface area contributed by atoms with Gasteiger partial charge in [-0.05, 0) is 38.0 Å². The molecule has 0 aromatic carbocycles. The number of aliphatic hydroxyl groups is 1. The zero-order chi connectivity index (χ0) is 9.84. The Morgan fingerprint density at radius 3 is 2.77 bits per heavy atom. The highest BCUT2D eigenvalue weighted by molar-refractivity contribution is 5.47. The molecule has 13 heavy (non-hydrogen) atoms. The van der Waals surface area contributed by atoms with Crippen molar-refractivity contribution in [2.24, 2.45) is 0 Å². The van der Waals surface area contributed by atoms with E-state index in [0.717, 1.165) is 16.9 Å². The van der Waals surface area contributed by atoms with Gasteiger partial charge in [0.05, 0.1) is 6.61 Å². The summed E-state index contributed by atoms with van der Waals surface area (Å²) in [5.74, 6) is 0.863. The van der Waals surface area contributed by atoms with Gasteiger partial charge in [0.1, 0.15) is 5.82 Å². The summed E-state index contributed by atoms with van der Waals surface area (Å²) in [6.45, 7) is 6.16. The van der Waals surface area contributed by atoms with Gasteiger partial charge in [-0.3, -0.25) is 0 Å². The van der Waals surface area contributed by atoms with Gasteiger partial charge in [0.25, 0.3) is 0 Å². The van der Waals surface area contributed by atoms with Crippen LogP contribution in [0.25, 0.3) is 0 Å². The van der Waals surface area contributed by atoms with E-state index in [-0.39, 0.29) is 6.61 Å². The Hall–Kier alpha value is -1.09. The van der Waals surface area contributed by atoms with Crippen molar-refractivity contribution >= 4 is 5.82 Å². The lowest BCUT2D eigenvalue weighted by Gasteiger charge is -2.13. The minimum atomic E-state index is 0.0706. The molecule has 0 aliphatic rings. The zero-order valence-electron chi connectivity index (χ0n) is 8.33. The van der Waals surface area contributed by atoms with Crippen LogP contribution < -0.4 is 5.32 Å². The third kappa shape index (κ3) is 2.42. The van der Waals surface area contributed by atoms with E-state index < -0.39 is 0 Å². The first-order valence-electron chi connectivity index (χ1n) is 4.47. The molecule has 0 aliphatic carbocycles. The Kier molecular flexibility index (Phi) is 3.25. The summed E-state index contributed by atoms with van der Waals surface area (Å²) in [5.41, 5.74) is 1.96. The number of rotatable bonds is 3. The maximum Gasteiger partial charge on any atom is 0.129 e. The summed E-state index contributed by atoms with van der Waals surface area (Å²) in [6.07, 6.45) is 1.71. The lowest BCUT2D eigenvalue weighted by atomic mass is 10.1. The van der Waals surface area contributed by atoms with E-state index in [1.165, 1.54) is 0 Å². The molecule has 2 N–H and O–H groups in total. The molecule has 0 radical (unpaired) electrons. The molecule has 0 unspecified atom stereocenters. The minimum Gasteiger partial charge on any atom is -0.392 e. The van der Waals surface area contributed by atoms with Crippen molar-refractivity contribution in [3.05, 3.63) is 23.4 Å². The average molecular weight is 180 g/mol. The second-order valence-corrected chi connectivity index (χ2v) is 3.40. The fourth-order valence-corrected chi connectivity index (χ4v) is 1.17. The van der Waals surface area contributed by atoms with Gasteiger partial charge in [-0.25, -0.2) is 4.98 Å². The molecule has 0 bridgehead atoms. The number of nitrogens with zero attached hydrogens (tertiary/aromatic N) is 1. The highest BCUT2D eigenvalue weighted by atomic mass is 16.3. The van der Waals surface area contributed by atoms with Crippen molar-refractivity contribution in [2.45, 2.75) is 33.4 Å². The smallest absolute Gasteiger partial charge is 0.129 e. The van der Waals surface area contributed by atoms with Gasteiger partial charge >= 0.3 is 0 Å². The van der Waals surface area contributed by atoms with E-state index in [2.05, 4.69) is 24.1 Å². The number of anilines is 1. The maximum absolute atomic E-state index is 9.02. The highest BCUT2D eigenvalue weighted by Gasteiger charge is 2.04. The molecule has 1 aromatic heterocycles. The molecule has 3 nitrogen and oxygen atoms in total. The molecule has 72 valence electrons. The van der Waals surface area contributed by atoms with Gasteiger partial charge in [-0.2, -0.15) is 0 Å². The Morgan fingerprint density at radius 2 is 2.23 bits per heavy atom. The highest BCUT2D eigenvalue weighted by Crippen LogP contribution is 2.16. The second kappa shape index (κ2) is 4.23. The van der Waals surface area contributed by atoms with Crippen molar-refractivity contribution in [3.63, 3.8) is 0 Å². The number of hydrogen-bond donors (Lipinski definition) is 2. The fourth-order valence-electron chi connectivity index (χ4n) is 1.17. The molecule has 0 aliphatic heterocycles. The number of aliphatic hydroxyl groups excluding tert-OH is 1. The summed E-state index contributed by atoms with van der Waals surface area (Å²) in [6, 6.07) is 2.20. The summed E-state index contributed by atoms with van der Waals surface area (Å²) in [4.78, 5) is 4.20.